The zero-order chi connectivity index (χ0) is 22.7. The van der Waals surface area contributed by atoms with E-state index >= 15 is 0 Å². The van der Waals surface area contributed by atoms with Gasteiger partial charge in [-0.1, -0.05) is 30.7 Å². The lowest BCUT2D eigenvalue weighted by Gasteiger charge is -2.26. The van der Waals surface area contributed by atoms with Crippen LogP contribution in [-0.2, 0) is 9.59 Å². The second-order valence-corrected chi connectivity index (χ2v) is 7.57. The van der Waals surface area contributed by atoms with E-state index < -0.39 is 17.8 Å². The van der Waals surface area contributed by atoms with Gasteiger partial charge in [0.2, 0.25) is 0 Å². The van der Waals surface area contributed by atoms with Crippen LogP contribution < -0.4 is 19.7 Å². The molecule has 1 unspecified atom stereocenters. The molecule has 0 aromatic heterocycles. The lowest BCUT2D eigenvalue weighted by atomic mass is 10.1. The van der Waals surface area contributed by atoms with Crippen molar-refractivity contribution in [1.82, 2.24) is 5.32 Å². The monoisotopic (exact) mass is 442 g/mol. The van der Waals surface area contributed by atoms with E-state index in [0.717, 1.165) is 16.9 Å². The fourth-order valence-corrected chi connectivity index (χ4v) is 3.31. The minimum absolute atomic E-state index is 0.0739. The molecule has 0 radical (unpaired) electrons. The highest BCUT2D eigenvalue weighted by Gasteiger charge is 2.36. The van der Waals surface area contributed by atoms with Gasteiger partial charge < -0.3 is 9.47 Å². The number of carbonyl (C=O) groups is 3. The Kier molecular flexibility index (Phi) is 6.65. The summed E-state index contributed by atoms with van der Waals surface area (Å²) < 4.78 is 11.2. The third-order valence-corrected chi connectivity index (χ3v) is 5.10. The molecule has 1 heterocycles. The number of amides is 4. The molecule has 162 valence electrons. The second kappa shape index (κ2) is 9.22. The van der Waals surface area contributed by atoms with Crippen molar-refractivity contribution >= 4 is 41.2 Å². The second-order valence-electron chi connectivity index (χ2n) is 7.17. The minimum Gasteiger partial charge on any atom is -0.493 e. The first-order valence-corrected chi connectivity index (χ1v) is 10.1. The molecule has 2 aromatic carbocycles. The predicted octanol–water partition coefficient (Wildman–Crippen LogP) is 4.50. The summed E-state index contributed by atoms with van der Waals surface area (Å²) >= 11 is 6.39. The standard InChI is InChI=1S/C23H23ClN2O5/c1-5-14(3)31-20-18(24)11-15(12-19(20)30-4)10-17-21(27)25-23(29)26(22(17)28)16-8-6-7-13(2)9-16/h6-12,14H,5H2,1-4H3,(H,25,27,29)/b17-10+. The van der Waals surface area contributed by atoms with Crippen LogP contribution in [0.4, 0.5) is 10.5 Å². The molecule has 4 amide bonds. The number of benzene rings is 2. The maximum atomic E-state index is 13.0. The number of halogens is 1. The largest absolute Gasteiger partial charge is 0.493 e. The van der Waals surface area contributed by atoms with Gasteiger partial charge in [-0.2, -0.15) is 0 Å². The van der Waals surface area contributed by atoms with Crippen LogP contribution in [0.2, 0.25) is 5.02 Å². The summed E-state index contributed by atoms with van der Waals surface area (Å²) in [6.07, 6.45) is 2.08. The molecule has 0 bridgehead atoms. The molecule has 3 rings (SSSR count). The quantitative estimate of drug-likeness (QED) is 0.526. The van der Waals surface area contributed by atoms with Crippen molar-refractivity contribution in [2.45, 2.75) is 33.3 Å². The Hall–Kier alpha value is -3.32. The van der Waals surface area contributed by atoms with Crippen molar-refractivity contribution in [2.75, 3.05) is 12.0 Å². The molecule has 1 aliphatic heterocycles. The average Bonchev–Trinajstić information content (AvgIpc) is 2.72. The highest BCUT2D eigenvalue weighted by molar-refractivity contribution is 6.39. The molecule has 7 nitrogen and oxygen atoms in total. The smallest absolute Gasteiger partial charge is 0.335 e. The first kappa shape index (κ1) is 22.4. The summed E-state index contributed by atoms with van der Waals surface area (Å²) in [6.45, 7) is 5.74. The van der Waals surface area contributed by atoms with Crippen LogP contribution in [0.25, 0.3) is 6.08 Å². The number of imide groups is 2. The molecule has 1 atom stereocenters. The van der Waals surface area contributed by atoms with Gasteiger partial charge in [0, 0.05) is 0 Å². The van der Waals surface area contributed by atoms with Crippen molar-refractivity contribution in [1.29, 1.82) is 0 Å². The van der Waals surface area contributed by atoms with Crippen molar-refractivity contribution in [2.24, 2.45) is 0 Å². The number of urea groups is 1. The van der Waals surface area contributed by atoms with E-state index in [-0.39, 0.29) is 16.7 Å². The van der Waals surface area contributed by atoms with E-state index in [0.29, 0.717) is 22.7 Å². The minimum atomic E-state index is -0.800. The van der Waals surface area contributed by atoms with Crippen LogP contribution in [-0.4, -0.2) is 31.1 Å². The summed E-state index contributed by atoms with van der Waals surface area (Å²) in [5.41, 5.74) is 1.49. The Balaban J connectivity index is 2.01. The van der Waals surface area contributed by atoms with Gasteiger partial charge in [0.05, 0.1) is 23.9 Å². The Labute approximate surface area is 185 Å². The number of methoxy groups -OCH3 is 1. The summed E-state index contributed by atoms with van der Waals surface area (Å²) in [7, 11) is 1.47. The Morgan fingerprint density at radius 2 is 1.94 bits per heavy atom. The third-order valence-electron chi connectivity index (χ3n) is 4.82. The van der Waals surface area contributed by atoms with E-state index in [9.17, 15) is 14.4 Å². The van der Waals surface area contributed by atoms with Crippen LogP contribution in [0.1, 0.15) is 31.4 Å². The molecule has 8 heteroatoms. The molecule has 1 aliphatic rings. The van der Waals surface area contributed by atoms with Gasteiger partial charge >= 0.3 is 6.03 Å². The zero-order valence-electron chi connectivity index (χ0n) is 17.7. The first-order chi connectivity index (χ1) is 14.7. The topological polar surface area (TPSA) is 84.9 Å². The van der Waals surface area contributed by atoms with Crippen LogP contribution in [0.5, 0.6) is 11.5 Å². The number of nitrogens with one attached hydrogen (secondary N) is 1. The fraction of sp³-hybridized carbons (Fsp3) is 0.261. The van der Waals surface area contributed by atoms with Gasteiger partial charge in [-0.15, -0.1) is 0 Å². The average molecular weight is 443 g/mol. The van der Waals surface area contributed by atoms with Gasteiger partial charge in [-0.3, -0.25) is 14.9 Å². The molecule has 1 N–H and O–H groups in total. The van der Waals surface area contributed by atoms with Crippen molar-refractivity contribution in [3.8, 4) is 11.5 Å². The van der Waals surface area contributed by atoms with Crippen LogP contribution in [0.15, 0.2) is 42.0 Å². The molecular weight excluding hydrogens is 420 g/mol. The van der Waals surface area contributed by atoms with Gasteiger partial charge in [0.25, 0.3) is 11.8 Å². The van der Waals surface area contributed by atoms with E-state index in [1.807, 2.05) is 26.8 Å². The van der Waals surface area contributed by atoms with Crippen molar-refractivity contribution in [3.63, 3.8) is 0 Å². The third kappa shape index (κ3) is 4.72. The molecule has 2 aromatic rings. The molecule has 0 spiro atoms. The summed E-state index contributed by atoms with van der Waals surface area (Å²) in [4.78, 5) is 38.7. The SMILES string of the molecule is CCC(C)Oc1c(Cl)cc(/C=C2\C(=O)NC(=O)N(c3cccc(C)c3)C2=O)cc1OC. The number of aryl methyl sites for hydroxylation is 1. The van der Waals surface area contributed by atoms with E-state index in [2.05, 4.69) is 5.32 Å². The Bertz CT molecular complexity index is 1080. The fourth-order valence-electron chi connectivity index (χ4n) is 3.05. The highest BCUT2D eigenvalue weighted by atomic mass is 35.5. The number of barbiturate groups is 1. The van der Waals surface area contributed by atoms with E-state index in [4.69, 9.17) is 21.1 Å². The molecule has 0 saturated carbocycles. The number of carbonyl (C=O) groups excluding carboxylic acids is 3. The maximum Gasteiger partial charge on any atom is 0.335 e. The van der Waals surface area contributed by atoms with Gasteiger partial charge in [-0.25, -0.2) is 9.69 Å². The van der Waals surface area contributed by atoms with Gasteiger partial charge in [0.15, 0.2) is 11.5 Å². The normalized spacial score (nSPS) is 16.4. The van der Waals surface area contributed by atoms with E-state index in [1.165, 1.54) is 13.2 Å². The van der Waals surface area contributed by atoms with Crippen LogP contribution in [0, 0.1) is 6.92 Å². The molecule has 31 heavy (non-hydrogen) atoms. The number of hydrogen-bond acceptors (Lipinski definition) is 5. The predicted molar refractivity (Wildman–Crippen MR) is 119 cm³/mol. The van der Waals surface area contributed by atoms with Gasteiger partial charge in [0.1, 0.15) is 5.57 Å². The van der Waals surface area contributed by atoms with Gasteiger partial charge in [-0.05, 0) is 61.7 Å². The molecule has 1 fully saturated rings. The molecular formula is C23H23ClN2O5. The van der Waals surface area contributed by atoms with Crippen molar-refractivity contribution in [3.05, 3.63) is 58.1 Å². The number of ether oxygens (including phenoxy) is 2. The summed E-state index contributed by atoms with van der Waals surface area (Å²) in [6, 6.07) is 9.27. The van der Waals surface area contributed by atoms with E-state index in [1.54, 1.807) is 30.3 Å². The Morgan fingerprint density at radius 1 is 1.19 bits per heavy atom. The zero-order valence-corrected chi connectivity index (χ0v) is 18.4. The maximum absolute atomic E-state index is 13.0. The van der Waals surface area contributed by atoms with Crippen molar-refractivity contribution < 1.29 is 23.9 Å². The summed E-state index contributed by atoms with van der Waals surface area (Å²) in [5.74, 6) is -0.755. The first-order valence-electron chi connectivity index (χ1n) is 9.77. The molecule has 1 saturated heterocycles. The number of nitrogens with zero attached hydrogens (tertiary/aromatic N) is 1. The number of rotatable bonds is 6. The number of anilines is 1. The highest BCUT2D eigenvalue weighted by Crippen LogP contribution is 2.38. The van der Waals surface area contributed by atoms with Crippen LogP contribution >= 0.6 is 11.6 Å². The lowest BCUT2D eigenvalue weighted by Crippen LogP contribution is -2.54. The summed E-state index contributed by atoms with van der Waals surface area (Å²) in [5, 5.41) is 2.49. The molecule has 0 aliphatic carbocycles. The van der Waals surface area contributed by atoms with Crippen LogP contribution in [0.3, 0.4) is 0 Å². The lowest BCUT2D eigenvalue weighted by molar-refractivity contribution is -0.122. The Morgan fingerprint density at radius 3 is 2.58 bits per heavy atom. The number of hydrogen-bond donors (Lipinski definition) is 1.